The van der Waals surface area contributed by atoms with Crippen LogP contribution in [-0.2, 0) is 6.42 Å². The molecule has 0 aromatic heterocycles. The summed E-state index contributed by atoms with van der Waals surface area (Å²) >= 11 is 6.24. The first-order chi connectivity index (χ1) is 7.74. The molecule has 1 aromatic rings. The molecule has 1 unspecified atom stereocenters. The van der Waals surface area contributed by atoms with Crippen molar-refractivity contribution in [3.8, 4) is 0 Å². The third-order valence-corrected chi connectivity index (χ3v) is 3.50. The lowest BCUT2D eigenvalue weighted by Gasteiger charge is -2.07. The topological polar surface area (TPSA) is 0 Å². The molecule has 0 aliphatic heterocycles. The summed E-state index contributed by atoms with van der Waals surface area (Å²) in [6.07, 6.45) is 8.26. The fraction of sp³-hybridized carbons (Fsp3) is 0.467. The zero-order valence-corrected chi connectivity index (χ0v) is 10.6. The van der Waals surface area contributed by atoms with E-state index in [2.05, 4.69) is 37.3 Å². The number of aryl methyl sites for hydroxylation is 1. The summed E-state index contributed by atoms with van der Waals surface area (Å²) in [5.41, 5.74) is 4.27. The van der Waals surface area contributed by atoms with Crippen LogP contribution in [0.1, 0.15) is 36.8 Å². The second-order valence-corrected chi connectivity index (χ2v) is 5.31. The lowest BCUT2D eigenvalue weighted by atomic mass is 10.00. The van der Waals surface area contributed by atoms with Crippen molar-refractivity contribution in [3.05, 3.63) is 47.0 Å². The minimum absolute atomic E-state index is 0.252. The molecule has 0 bridgehead atoms. The molecule has 1 aliphatic rings. The highest BCUT2D eigenvalue weighted by Crippen LogP contribution is 2.23. The van der Waals surface area contributed by atoms with E-state index in [1.54, 1.807) is 0 Å². The third-order valence-electron chi connectivity index (χ3n) is 3.16. The van der Waals surface area contributed by atoms with Crippen LogP contribution in [0.25, 0.3) is 0 Å². The lowest BCUT2D eigenvalue weighted by molar-refractivity contribution is 0.710. The number of hydrogen-bond donors (Lipinski definition) is 0. The number of hydrogen-bond acceptors (Lipinski definition) is 0. The van der Waals surface area contributed by atoms with Crippen LogP contribution in [0.4, 0.5) is 0 Å². The van der Waals surface area contributed by atoms with Crippen LogP contribution in [0.5, 0.6) is 0 Å². The van der Waals surface area contributed by atoms with Crippen molar-refractivity contribution in [3.63, 3.8) is 0 Å². The molecule has 86 valence electrons. The van der Waals surface area contributed by atoms with Crippen LogP contribution >= 0.6 is 11.6 Å². The molecule has 1 aliphatic carbocycles. The Balaban J connectivity index is 2.08. The molecule has 0 saturated heterocycles. The van der Waals surface area contributed by atoms with Gasteiger partial charge in [0.2, 0.25) is 0 Å². The van der Waals surface area contributed by atoms with E-state index in [1.165, 1.54) is 36.0 Å². The number of rotatable bonds is 2. The Hall–Kier alpha value is -0.750. The molecular formula is C15H19Cl. The van der Waals surface area contributed by atoms with Gasteiger partial charge in [-0.05, 0) is 38.2 Å². The van der Waals surface area contributed by atoms with Crippen LogP contribution in [0.15, 0.2) is 35.9 Å². The number of alkyl halides is 1. The van der Waals surface area contributed by atoms with E-state index in [4.69, 9.17) is 11.6 Å². The Labute approximate surface area is 103 Å². The van der Waals surface area contributed by atoms with Gasteiger partial charge in [0.15, 0.2) is 0 Å². The minimum atomic E-state index is 0.252. The number of benzene rings is 1. The maximum atomic E-state index is 6.24. The Morgan fingerprint density at radius 1 is 1.31 bits per heavy atom. The summed E-state index contributed by atoms with van der Waals surface area (Å²) in [6.45, 7) is 2.15. The molecule has 0 nitrogen and oxygen atoms in total. The van der Waals surface area contributed by atoms with Gasteiger partial charge >= 0.3 is 0 Å². The van der Waals surface area contributed by atoms with Crippen LogP contribution < -0.4 is 0 Å². The maximum Gasteiger partial charge on any atom is 0.0518 e. The highest BCUT2D eigenvalue weighted by Gasteiger charge is 2.09. The summed E-state index contributed by atoms with van der Waals surface area (Å²) in [7, 11) is 0. The van der Waals surface area contributed by atoms with Crippen LogP contribution in [0.2, 0.25) is 0 Å². The molecular weight excluding hydrogens is 216 g/mol. The van der Waals surface area contributed by atoms with Crippen LogP contribution in [-0.4, -0.2) is 5.38 Å². The average Bonchev–Trinajstić information content (AvgIpc) is 2.43. The smallest absolute Gasteiger partial charge is 0.0518 e. The molecule has 16 heavy (non-hydrogen) atoms. The summed E-state index contributed by atoms with van der Waals surface area (Å²) < 4.78 is 0. The monoisotopic (exact) mass is 234 g/mol. The zero-order chi connectivity index (χ0) is 11.4. The summed E-state index contributed by atoms with van der Waals surface area (Å²) in [6, 6.07) is 8.77. The molecule has 0 saturated carbocycles. The summed E-state index contributed by atoms with van der Waals surface area (Å²) in [5.74, 6) is 0. The summed E-state index contributed by atoms with van der Waals surface area (Å²) in [4.78, 5) is 0. The minimum Gasteiger partial charge on any atom is -0.118 e. The van der Waals surface area contributed by atoms with E-state index in [1.807, 2.05) is 0 Å². The molecule has 1 aromatic carbocycles. The van der Waals surface area contributed by atoms with Crippen LogP contribution in [0, 0.1) is 6.92 Å². The van der Waals surface area contributed by atoms with Gasteiger partial charge in [-0.1, -0.05) is 47.9 Å². The van der Waals surface area contributed by atoms with Crippen molar-refractivity contribution >= 4 is 11.6 Å². The van der Waals surface area contributed by atoms with E-state index in [9.17, 15) is 0 Å². The molecule has 0 fully saturated rings. The van der Waals surface area contributed by atoms with Gasteiger partial charge in [0.1, 0.15) is 0 Å². The van der Waals surface area contributed by atoms with Gasteiger partial charge in [0.25, 0.3) is 0 Å². The van der Waals surface area contributed by atoms with Crippen molar-refractivity contribution in [1.29, 1.82) is 0 Å². The Morgan fingerprint density at radius 2 is 2.19 bits per heavy atom. The Bertz CT molecular complexity index is 379. The second kappa shape index (κ2) is 5.54. The first-order valence-corrected chi connectivity index (χ1v) is 6.57. The van der Waals surface area contributed by atoms with Crippen molar-refractivity contribution in [2.24, 2.45) is 0 Å². The second-order valence-electron chi connectivity index (χ2n) is 4.75. The third kappa shape index (κ3) is 3.38. The molecule has 2 rings (SSSR count). The van der Waals surface area contributed by atoms with Crippen molar-refractivity contribution < 1.29 is 0 Å². The van der Waals surface area contributed by atoms with Crippen molar-refractivity contribution in [1.82, 2.24) is 0 Å². The van der Waals surface area contributed by atoms with Gasteiger partial charge in [-0.3, -0.25) is 0 Å². The fourth-order valence-corrected chi connectivity index (χ4v) is 2.68. The van der Waals surface area contributed by atoms with Gasteiger partial charge in [0.05, 0.1) is 5.38 Å². The van der Waals surface area contributed by atoms with Gasteiger partial charge < -0.3 is 0 Å². The fourth-order valence-electron chi connectivity index (χ4n) is 2.35. The van der Waals surface area contributed by atoms with Gasteiger partial charge in [-0.2, -0.15) is 0 Å². The average molecular weight is 235 g/mol. The largest absolute Gasteiger partial charge is 0.118 e. The highest BCUT2D eigenvalue weighted by atomic mass is 35.5. The molecule has 0 spiro atoms. The normalized spacial score (nSPS) is 21.4. The lowest BCUT2D eigenvalue weighted by Crippen LogP contribution is -1.94. The molecule has 0 N–H and O–H groups in total. The van der Waals surface area contributed by atoms with Crippen LogP contribution in [0.3, 0.4) is 0 Å². The predicted octanol–water partition coefficient (Wildman–Crippen LogP) is 4.65. The number of halogens is 1. The molecule has 1 atom stereocenters. The van der Waals surface area contributed by atoms with Gasteiger partial charge in [-0.25, -0.2) is 0 Å². The van der Waals surface area contributed by atoms with E-state index in [-0.39, 0.29) is 5.38 Å². The van der Waals surface area contributed by atoms with E-state index >= 15 is 0 Å². The molecule has 1 heteroatoms. The standard InChI is InChI=1S/C15H19Cl/c1-12-5-4-7-13(9-12)10-14-6-2-3-8-15(16)11-14/h4-5,7,9,11,15H,2-3,6,8,10H2,1H3. The molecule has 0 heterocycles. The van der Waals surface area contributed by atoms with Gasteiger partial charge in [-0.15, -0.1) is 11.6 Å². The molecule has 0 radical (unpaired) electrons. The zero-order valence-electron chi connectivity index (χ0n) is 9.88. The predicted molar refractivity (Wildman–Crippen MR) is 71.1 cm³/mol. The van der Waals surface area contributed by atoms with E-state index in [0.29, 0.717) is 0 Å². The van der Waals surface area contributed by atoms with Crippen molar-refractivity contribution in [2.45, 2.75) is 44.4 Å². The van der Waals surface area contributed by atoms with E-state index in [0.717, 1.165) is 12.8 Å². The maximum absolute atomic E-state index is 6.24. The quantitative estimate of drug-likeness (QED) is 0.516. The Kier molecular flexibility index (Phi) is 4.06. The first kappa shape index (κ1) is 11.7. The number of allylic oxidation sites excluding steroid dienone is 2. The summed E-state index contributed by atoms with van der Waals surface area (Å²) in [5, 5.41) is 0.252. The Morgan fingerprint density at radius 3 is 3.00 bits per heavy atom. The molecule has 0 amide bonds. The SMILES string of the molecule is Cc1cccc(CC2=CC(Cl)CCCC2)c1. The van der Waals surface area contributed by atoms with E-state index < -0.39 is 0 Å². The van der Waals surface area contributed by atoms with Crippen molar-refractivity contribution in [2.75, 3.05) is 0 Å². The van der Waals surface area contributed by atoms with Gasteiger partial charge in [0, 0.05) is 0 Å². The first-order valence-electron chi connectivity index (χ1n) is 6.13. The highest BCUT2D eigenvalue weighted by molar-refractivity contribution is 6.21.